The second kappa shape index (κ2) is 7.55. The normalized spacial score (nSPS) is 15.8. The van der Waals surface area contributed by atoms with Crippen molar-refractivity contribution in [3.8, 4) is 5.75 Å². The van der Waals surface area contributed by atoms with Gasteiger partial charge in [0.15, 0.2) is 6.10 Å². The molecule has 5 rings (SSSR count). The number of carbonyl (C=O) groups excluding carboxylic acids is 1. The summed E-state index contributed by atoms with van der Waals surface area (Å²) in [5.41, 5.74) is 6.44. The van der Waals surface area contributed by atoms with Crippen LogP contribution in [0.25, 0.3) is 10.8 Å². The van der Waals surface area contributed by atoms with Gasteiger partial charge in [0, 0.05) is 11.1 Å². The van der Waals surface area contributed by atoms with E-state index in [4.69, 9.17) is 4.74 Å². The second-order valence-corrected chi connectivity index (χ2v) is 8.25. The Morgan fingerprint density at radius 1 is 0.931 bits per heavy atom. The van der Waals surface area contributed by atoms with Gasteiger partial charge in [-0.1, -0.05) is 37.3 Å². The van der Waals surface area contributed by atoms with Crippen molar-refractivity contribution >= 4 is 22.4 Å². The molecule has 3 nitrogen and oxygen atoms in total. The number of amides is 1. The number of rotatable bonds is 5. The number of hydrogen-bond donors (Lipinski definition) is 1. The molecule has 1 atom stereocenters. The van der Waals surface area contributed by atoms with Crippen LogP contribution in [-0.4, -0.2) is 12.0 Å². The number of hydrogen-bond acceptors (Lipinski definition) is 2. The monoisotopic (exact) mass is 385 g/mol. The summed E-state index contributed by atoms with van der Waals surface area (Å²) in [4.78, 5) is 13.0. The summed E-state index contributed by atoms with van der Waals surface area (Å²) in [7, 11) is 0. The Bertz CT molecular complexity index is 1080. The van der Waals surface area contributed by atoms with E-state index >= 15 is 0 Å². The Morgan fingerprint density at radius 3 is 2.52 bits per heavy atom. The van der Waals surface area contributed by atoms with Crippen molar-refractivity contribution in [1.29, 1.82) is 0 Å². The van der Waals surface area contributed by atoms with Crippen LogP contribution in [0.2, 0.25) is 0 Å². The van der Waals surface area contributed by atoms with Crippen molar-refractivity contribution in [2.24, 2.45) is 0 Å². The molecule has 0 aromatic heterocycles. The van der Waals surface area contributed by atoms with Crippen molar-refractivity contribution in [2.75, 3.05) is 5.32 Å². The molecular formula is C26H27NO2. The highest BCUT2D eigenvalue weighted by Gasteiger charge is 2.22. The molecule has 0 fully saturated rings. The maximum atomic E-state index is 13.0. The predicted octanol–water partition coefficient (Wildman–Crippen LogP) is 5.61. The van der Waals surface area contributed by atoms with Gasteiger partial charge in [0.25, 0.3) is 5.91 Å². The van der Waals surface area contributed by atoms with E-state index in [0.717, 1.165) is 42.5 Å². The van der Waals surface area contributed by atoms with Gasteiger partial charge in [-0.15, -0.1) is 0 Å². The van der Waals surface area contributed by atoms with Gasteiger partial charge in [0.1, 0.15) is 5.75 Å². The predicted molar refractivity (Wildman–Crippen MR) is 118 cm³/mol. The van der Waals surface area contributed by atoms with E-state index < -0.39 is 6.10 Å². The second-order valence-electron chi connectivity index (χ2n) is 8.25. The molecule has 0 spiro atoms. The van der Waals surface area contributed by atoms with Gasteiger partial charge in [-0.2, -0.15) is 0 Å². The summed E-state index contributed by atoms with van der Waals surface area (Å²) in [6.07, 6.45) is 7.06. The zero-order valence-electron chi connectivity index (χ0n) is 17.0. The molecule has 1 amide bonds. The molecule has 1 N–H and O–H groups in total. The summed E-state index contributed by atoms with van der Waals surface area (Å²) in [6, 6.07) is 16.9. The highest BCUT2D eigenvalue weighted by Crippen LogP contribution is 2.35. The number of benzene rings is 3. The first-order chi connectivity index (χ1) is 14.2. The van der Waals surface area contributed by atoms with Crippen molar-refractivity contribution in [3.05, 3.63) is 70.8 Å². The van der Waals surface area contributed by atoms with Crippen LogP contribution in [0.1, 0.15) is 48.4 Å². The third-order valence-corrected chi connectivity index (χ3v) is 6.40. The van der Waals surface area contributed by atoms with Crippen LogP contribution in [0.15, 0.2) is 48.5 Å². The standard InChI is InChI=1S/C26H27NO2/c1-2-24(29-21-14-12-17-6-3-4-7-20(17)16-21)26(28)27-23-15-13-19-11-10-18-8-5-9-22(23)25(18)19/h5,8-9,12-16,24H,2-4,6-7,10-11H2,1H3,(H,27,28). The first-order valence-corrected chi connectivity index (χ1v) is 10.9. The first kappa shape index (κ1) is 18.2. The number of fused-ring (bicyclic) bond motifs is 1. The molecule has 1 unspecified atom stereocenters. The lowest BCUT2D eigenvalue weighted by Gasteiger charge is -2.21. The van der Waals surface area contributed by atoms with Crippen LogP contribution in [0.4, 0.5) is 5.69 Å². The number of aryl methyl sites for hydroxylation is 4. The number of carbonyl (C=O) groups is 1. The SMILES string of the molecule is CCC(Oc1ccc2c(c1)CCCC2)C(=O)Nc1ccc2c3c(cccc13)CC2. The molecule has 2 aliphatic carbocycles. The summed E-state index contributed by atoms with van der Waals surface area (Å²) in [5, 5.41) is 5.58. The zero-order chi connectivity index (χ0) is 19.8. The minimum Gasteiger partial charge on any atom is -0.481 e. The van der Waals surface area contributed by atoms with Gasteiger partial charge in [0.05, 0.1) is 0 Å². The quantitative estimate of drug-likeness (QED) is 0.620. The maximum absolute atomic E-state index is 13.0. The number of ether oxygens (including phenoxy) is 1. The van der Waals surface area contributed by atoms with E-state index in [1.807, 2.05) is 19.1 Å². The minimum atomic E-state index is -0.500. The third-order valence-electron chi connectivity index (χ3n) is 6.40. The lowest BCUT2D eigenvalue weighted by atomic mass is 9.92. The average Bonchev–Trinajstić information content (AvgIpc) is 3.18. The van der Waals surface area contributed by atoms with E-state index in [-0.39, 0.29) is 5.91 Å². The molecule has 0 bridgehead atoms. The van der Waals surface area contributed by atoms with E-state index in [0.29, 0.717) is 6.42 Å². The van der Waals surface area contributed by atoms with E-state index in [1.165, 1.54) is 40.5 Å². The fourth-order valence-corrected chi connectivity index (χ4v) is 4.84. The maximum Gasteiger partial charge on any atom is 0.265 e. The topological polar surface area (TPSA) is 38.3 Å². The van der Waals surface area contributed by atoms with E-state index in [9.17, 15) is 4.79 Å². The van der Waals surface area contributed by atoms with Gasteiger partial charge in [-0.25, -0.2) is 0 Å². The van der Waals surface area contributed by atoms with Gasteiger partial charge in [-0.05, 0) is 90.8 Å². The summed E-state index contributed by atoms with van der Waals surface area (Å²) in [6.45, 7) is 2.00. The number of nitrogens with one attached hydrogen (secondary N) is 1. The highest BCUT2D eigenvalue weighted by atomic mass is 16.5. The Hall–Kier alpha value is -2.81. The van der Waals surface area contributed by atoms with Gasteiger partial charge in [0.2, 0.25) is 0 Å². The summed E-state index contributed by atoms with van der Waals surface area (Å²) in [5.74, 6) is 0.719. The van der Waals surface area contributed by atoms with Crippen LogP contribution in [0, 0.1) is 0 Å². The Morgan fingerprint density at radius 2 is 1.69 bits per heavy atom. The lowest BCUT2D eigenvalue weighted by Crippen LogP contribution is -2.32. The molecule has 0 radical (unpaired) electrons. The van der Waals surface area contributed by atoms with Crippen molar-refractivity contribution < 1.29 is 9.53 Å². The molecule has 0 heterocycles. The molecule has 3 aromatic rings. The largest absolute Gasteiger partial charge is 0.481 e. The molecule has 29 heavy (non-hydrogen) atoms. The fourth-order valence-electron chi connectivity index (χ4n) is 4.84. The van der Waals surface area contributed by atoms with Crippen LogP contribution in [0.3, 0.4) is 0 Å². The van der Waals surface area contributed by atoms with Crippen molar-refractivity contribution in [1.82, 2.24) is 0 Å². The minimum absolute atomic E-state index is 0.0797. The van der Waals surface area contributed by atoms with Crippen LogP contribution >= 0.6 is 0 Å². The highest BCUT2D eigenvalue weighted by molar-refractivity contribution is 6.06. The fraction of sp³-hybridized carbons (Fsp3) is 0.346. The van der Waals surface area contributed by atoms with Crippen LogP contribution in [0.5, 0.6) is 5.75 Å². The van der Waals surface area contributed by atoms with Gasteiger partial charge in [-0.3, -0.25) is 4.79 Å². The average molecular weight is 386 g/mol. The molecule has 3 heteroatoms. The zero-order valence-corrected chi connectivity index (χ0v) is 17.0. The Labute approximate surface area is 172 Å². The third kappa shape index (κ3) is 3.39. The van der Waals surface area contributed by atoms with Crippen LogP contribution < -0.4 is 10.1 Å². The molecule has 0 saturated heterocycles. The van der Waals surface area contributed by atoms with Gasteiger partial charge >= 0.3 is 0 Å². The summed E-state index contributed by atoms with van der Waals surface area (Å²) >= 11 is 0. The van der Waals surface area contributed by atoms with Crippen LogP contribution in [-0.2, 0) is 30.5 Å². The molecule has 148 valence electrons. The van der Waals surface area contributed by atoms with Gasteiger partial charge < -0.3 is 10.1 Å². The van der Waals surface area contributed by atoms with E-state index in [1.54, 1.807) is 0 Å². The molecule has 0 aliphatic heterocycles. The van der Waals surface area contributed by atoms with E-state index in [2.05, 4.69) is 41.7 Å². The molecule has 2 aliphatic rings. The smallest absolute Gasteiger partial charge is 0.265 e. The Kier molecular flexibility index (Phi) is 4.75. The van der Waals surface area contributed by atoms with Crippen molar-refractivity contribution in [3.63, 3.8) is 0 Å². The molecule has 0 saturated carbocycles. The first-order valence-electron chi connectivity index (χ1n) is 10.9. The molecular weight excluding hydrogens is 358 g/mol. The lowest BCUT2D eigenvalue weighted by molar-refractivity contribution is -0.122. The molecule has 3 aromatic carbocycles. The summed E-state index contributed by atoms with van der Waals surface area (Å²) < 4.78 is 6.12. The van der Waals surface area contributed by atoms with Crippen molar-refractivity contribution in [2.45, 2.75) is 58.0 Å². The Balaban J connectivity index is 1.37. The number of anilines is 1.